The number of alkyl halides is 1. The lowest BCUT2D eigenvalue weighted by atomic mass is 10.2. The zero-order chi connectivity index (χ0) is 14.3. The molecule has 0 atom stereocenters. The largest absolute Gasteiger partial charge is 0.293 e. The van der Waals surface area contributed by atoms with Crippen LogP contribution in [-0.2, 0) is 5.88 Å². The van der Waals surface area contributed by atoms with E-state index in [4.69, 9.17) is 23.2 Å². The maximum absolute atomic E-state index is 13.9. The van der Waals surface area contributed by atoms with Crippen molar-refractivity contribution in [2.75, 3.05) is 0 Å². The quantitative estimate of drug-likeness (QED) is 0.618. The number of nitrogens with zero attached hydrogens (tertiary/aromatic N) is 2. The number of aromatic nitrogens is 2. The van der Waals surface area contributed by atoms with Crippen LogP contribution in [0.5, 0.6) is 0 Å². The molecule has 0 amide bonds. The summed E-state index contributed by atoms with van der Waals surface area (Å²) in [6, 6.07) is 10.5. The number of imidazole rings is 1. The summed E-state index contributed by atoms with van der Waals surface area (Å²) in [5.74, 6) is 0.388. The molecule has 0 radical (unpaired) electrons. The highest BCUT2D eigenvalue weighted by molar-refractivity contribution is 6.32. The molecule has 5 heteroatoms. The smallest absolute Gasteiger partial charge is 0.151 e. The molecule has 2 aromatic carbocycles. The van der Waals surface area contributed by atoms with Gasteiger partial charge in [0.15, 0.2) is 5.82 Å². The second-order valence-electron chi connectivity index (χ2n) is 4.51. The maximum atomic E-state index is 13.9. The van der Waals surface area contributed by atoms with E-state index in [1.807, 2.05) is 29.7 Å². The molecule has 0 aliphatic heterocycles. The molecule has 2 nitrogen and oxygen atoms in total. The first kappa shape index (κ1) is 13.4. The van der Waals surface area contributed by atoms with Gasteiger partial charge in [0.2, 0.25) is 0 Å². The van der Waals surface area contributed by atoms with Crippen LogP contribution in [0.2, 0.25) is 5.02 Å². The lowest BCUT2D eigenvalue weighted by Crippen LogP contribution is -2.02. The molecule has 0 unspecified atom stereocenters. The first-order valence-electron chi connectivity index (χ1n) is 6.10. The number of para-hydroxylation sites is 2. The monoisotopic (exact) mass is 308 g/mol. The van der Waals surface area contributed by atoms with Crippen LogP contribution in [-0.4, -0.2) is 9.55 Å². The number of hydrogen-bond donors (Lipinski definition) is 0. The van der Waals surface area contributed by atoms with E-state index >= 15 is 0 Å². The van der Waals surface area contributed by atoms with Crippen molar-refractivity contribution >= 4 is 34.2 Å². The minimum absolute atomic E-state index is 0.179. The third-order valence-corrected chi connectivity index (χ3v) is 3.78. The Morgan fingerprint density at radius 2 is 1.95 bits per heavy atom. The van der Waals surface area contributed by atoms with Crippen molar-refractivity contribution in [1.29, 1.82) is 0 Å². The van der Waals surface area contributed by atoms with E-state index in [0.717, 1.165) is 11.3 Å². The van der Waals surface area contributed by atoms with Gasteiger partial charge in [0.25, 0.3) is 0 Å². The third-order valence-electron chi connectivity index (χ3n) is 3.24. The van der Waals surface area contributed by atoms with Crippen molar-refractivity contribution in [3.05, 3.63) is 58.6 Å². The minimum atomic E-state index is -0.364. The molecule has 0 saturated carbocycles. The van der Waals surface area contributed by atoms with E-state index in [-0.39, 0.29) is 11.7 Å². The molecule has 3 aromatic rings. The average Bonchev–Trinajstić information content (AvgIpc) is 2.79. The van der Waals surface area contributed by atoms with Gasteiger partial charge in [0.1, 0.15) is 11.3 Å². The van der Waals surface area contributed by atoms with Crippen LogP contribution in [0.25, 0.3) is 16.7 Å². The van der Waals surface area contributed by atoms with Crippen molar-refractivity contribution in [3.63, 3.8) is 0 Å². The number of fused-ring (bicyclic) bond motifs is 1. The summed E-state index contributed by atoms with van der Waals surface area (Å²) in [5.41, 5.74) is 2.74. The highest BCUT2D eigenvalue weighted by Gasteiger charge is 2.17. The van der Waals surface area contributed by atoms with Gasteiger partial charge in [-0.1, -0.05) is 29.8 Å². The van der Waals surface area contributed by atoms with Crippen LogP contribution in [0.4, 0.5) is 4.39 Å². The molecule has 1 heterocycles. The maximum Gasteiger partial charge on any atom is 0.151 e. The molecular weight excluding hydrogens is 298 g/mol. The molecule has 0 N–H and O–H groups in total. The zero-order valence-corrected chi connectivity index (χ0v) is 12.2. The highest BCUT2D eigenvalue weighted by Crippen LogP contribution is 2.30. The fraction of sp³-hybridized carbons (Fsp3) is 0.133. The standard InChI is InChI=1S/C15H11Cl2FN2/c1-9-4-2-5-10(17)15(9)20-12-7-3-6-11(18)14(12)19-13(20)8-16/h2-7H,8H2,1H3. The van der Waals surface area contributed by atoms with Crippen molar-refractivity contribution in [3.8, 4) is 5.69 Å². The van der Waals surface area contributed by atoms with Crippen molar-refractivity contribution in [1.82, 2.24) is 9.55 Å². The summed E-state index contributed by atoms with van der Waals surface area (Å²) in [7, 11) is 0. The van der Waals surface area contributed by atoms with Crippen LogP contribution in [0, 0.1) is 12.7 Å². The second kappa shape index (κ2) is 5.08. The fourth-order valence-electron chi connectivity index (χ4n) is 2.36. The van der Waals surface area contributed by atoms with Gasteiger partial charge in [-0.05, 0) is 30.7 Å². The van der Waals surface area contributed by atoms with Gasteiger partial charge in [-0.15, -0.1) is 11.6 Å². The number of halogens is 3. The Kier molecular flexibility index (Phi) is 3.40. The minimum Gasteiger partial charge on any atom is -0.293 e. The van der Waals surface area contributed by atoms with Gasteiger partial charge >= 0.3 is 0 Å². The Labute approximate surface area is 125 Å². The Morgan fingerprint density at radius 3 is 2.65 bits per heavy atom. The van der Waals surface area contributed by atoms with Crippen LogP contribution >= 0.6 is 23.2 Å². The van der Waals surface area contributed by atoms with E-state index in [2.05, 4.69) is 4.98 Å². The van der Waals surface area contributed by atoms with Crippen molar-refractivity contribution in [2.45, 2.75) is 12.8 Å². The van der Waals surface area contributed by atoms with Crippen LogP contribution in [0.1, 0.15) is 11.4 Å². The normalized spacial score (nSPS) is 11.2. The van der Waals surface area contributed by atoms with Gasteiger partial charge in [0.05, 0.1) is 22.1 Å². The SMILES string of the molecule is Cc1cccc(Cl)c1-n1c(CCl)nc2c(F)cccc21. The first-order chi connectivity index (χ1) is 9.63. The van der Waals surface area contributed by atoms with Gasteiger partial charge in [-0.3, -0.25) is 4.57 Å². The zero-order valence-electron chi connectivity index (χ0n) is 10.7. The Bertz CT molecular complexity index is 776. The van der Waals surface area contributed by atoms with Crippen LogP contribution in [0.3, 0.4) is 0 Å². The molecule has 0 spiro atoms. The Hall–Kier alpha value is -1.58. The van der Waals surface area contributed by atoms with Gasteiger partial charge in [-0.25, -0.2) is 9.37 Å². The third kappa shape index (κ3) is 1.98. The van der Waals surface area contributed by atoms with Crippen molar-refractivity contribution in [2.24, 2.45) is 0 Å². The number of aryl methyl sites for hydroxylation is 1. The summed E-state index contributed by atoms with van der Waals surface area (Å²) in [5, 5.41) is 0.583. The summed E-state index contributed by atoms with van der Waals surface area (Å²) in [4.78, 5) is 4.29. The topological polar surface area (TPSA) is 17.8 Å². The molecule has 0 saturated heterocycles. The van der Waals surface area contributed by atoms with E-state index in [0.29, 0.717) is 21.9 Å². The predicted octanol–water partition coefficient (Wildman–Crippen LogP) is 4.87. The van der Waals surface area contributed by atoms with E-state index in [1.165, 1.54) is 6.07 Å². The molecule has 0 fully saturated rings. The summed E-state index contributed by atoms with van der Waals surface area (Å²) in [6.07, 6.45) is 0. The van der Waals surface area contributed by atoms with Gasteiger partial charge in [0, 0.05) is 0 Å². The molecule has 3 rings (SSSR count). The highest BCUT2D eigenvalue weighted by atomic mass is 35.5. The van der Waals surface area contributed by atoms with Crippen LogP contribution in [0.15, 0.2) is 36.4 Å². The Morgan fingerprint density at radius 1 is 1.20 bits per heavy atom. The van der Waals surface area contributed by atoms with Crippen molar-refractivity contribution < 1.29 is 4.39 Å². The Balaban J connectivity index is 2.44. The number of rotatable bonds is 2. The van der Waals surface area contributed by atoms with Gasteiger partial charge in [-0.2, -0.15) is 0 Å². The number of hydrogen-bond acceptors (Lipinski definition) is 1. The first-order valence-corrected chi connectivity index (χ1v) is 7.02. The summed E-state index contributed by atoms with van der Waals surface area (Å²) >= 11 is 12.3. The molecule has 20 heavy (non-hydrogen) atoms. The lowest BCUT2D eigenvalue weighted by molar-refractivity contribution is 0.637. The molecule has 102 valence electrons. The molecule has 0 aliphatic carbocycles. The van der Waals surface area contributed by atoms with Crippen LogP contribution < -0.4 is 0 Å². The lowest BCUT2D eigenvalue weighted by Gasteiger charge is -2.12. The fourth-order valence-corrected chi connectivity index (χ4v) is 2.84. The predicted molar refractivity (Wildman–Crippen MR) is 80.3 cm³/mol. The van der Waals surface area contributed by atoms with E-state index in [1.54, 1.807) is 12.1 Å². The molecular formula is C15H11Cl2FN2. The summed E-state index contributed by atoms with van der Waals surface area (Å²) in [6.45, 7) is 1.95. The second-order valence-corrected chi connectivity index (χ2v) is 5.18. The molecule has 1 aromatic heterocycles. The number of benzene rings is 2. The molecule has 0 bridgehead atoms. The van der Waals surface area contributed by atoms with E-state index < -0.39 is 0 Å². The van der Waals surface area contributed by atoms with Gasteiger partial charge < -0.3 is 0 Å². The van der Waals surface area contributed by atoms with E-state index in [9.17, 15) is 4.39 Å². The average molecular weight is 309 g/mol. The summed E-state index contributed by atoms with van der Waals surface area (Å²) < 4.78 is 15.7. The molecule has 0 aliphatic rings.